The summed E-state index contributed by atoms with van der Waals surface area (Å²) in [6.45, 7) is 6.75. The predicted octanol–water partition coefficient (Wildman–Crippen LogP) is 1.58. The molecule has 9 heteroatoms. The first-order chi connectivity index (χ1) is 13.8. The fraction of sp³-hybridized carbons (Fsp3) is 0.429. The van der Waals surface area contributed by atoms with Crippen LogP contribution in [-0.4, -0.2) is 37.9 Å². The smallest absolute Gasteiger partial charge is 0.408 e. The molecule has 162 valence electrons. The van der Waals surface area contributed by atoms with E-state index in [1.807, 2.05) is 0 Å². The Labute approximate surface area is 173 Å². The second-order valence-electron chi connectivity index (χ2n) is 8.10. The molecule has 2 aromatic rings. The van der Waals surface area contributed by atoms with Crippen molar-refractivity contribution in [1.82, 2.24) is 14.5 Å². The Morgan fingerprint density at radius 3 is 2.17 bits per heavy atom. The van der Waals surface area contributed by atoms with Crippen LogP contribution in [0.1, 0.15) is 32.0 Å². The van der Waals surface area contributed by atoms with Gasteiger partial charge in [0, 0.05) is 26.2 Å². The first kappa shape index (κ1) is 22.9. The number of rotatable bonds is 5. The number of benzene rings is 1. The molecular formula is C21H27N3O6. The van der Waals surface area contributed by atoms with E-state index in [4.69, 9.17) is 4.74 Å². The molecule has 0 radical (unpaired) electrons. The molecule has 1 unspecified atom stereocenters. The van der Waals surface area contributed by atoms with Crippen LogP contribution < -0.4 is 16.6 Å². The number of hydrogen-bond acceptors (Lipinski definition) is 5. The van der Waals surface area contributed by atoms with Crippen LogP contribution in [0, 0.1) is 6.92 Å². The summed E-state index contributed by atoms with van der Waals surface area (Å²) < 4.78 is 7.55. The molecule has 0 saturated carbocycles. The van der Waals surface area contributed by atoms with Gasteiger partial charge in [-0.2, -0.15) is 0 Å². The van der Waals surface area contributed by atoms with Crippen molar-refractivity contribution in [2.45, 2.75) is 45.8 Å². The minimum absolute atomic E-state index is 0.0408. The van der Waals surface area contributed by atoms with E-state index >= 15 is 0 Å². The Hall–Kier alpha value is -3.36. The molecule has 2 N–H and O–H groups in total. The van der Waals surface area contributed by atoms with Crippen LogP contribution in [-0.2, 0) is 30.0 Å². The minimum Gasteiger partial charge on any atom is -0.480 e. The van der Waals surface area contributed by atoms with Crippen LogP contribution in [0.25, 0.3) is 11.1 Å². The van der Waals surface area contributed by atoms with Gasteiger partial charge in [-0.15, -0.1) is 0 Å². The van der Waals surface area contributed by atoms with E-state index < -0.39 is 35.0 Å². The minimum atomic E-state index is -1.19. The molecule has 1 aromatic carbocycles. The van der Waals surface area contributed by atoms with Gasteiger partial charge in [-0.1, -0.05) is 24.3 Å². The third-order valence-electron chi connectivity index (χ3n) is 4.63. The molecule has 30 heavy (non-hydrogen) atoms. The highest BCUT2D eigenvalue weighted by Gasteiger charge is 2.24. The van der Waals surface area contributed by atoms with E-state index in [0.29, 0.717) is 22.4 Å². The summed E-state index contributed by atoms with van der Waals surface area (Å²) >= 11 is 0. The average Bonchev–Trinajstić information content (AvgIpc) is 2.64. The molecule has 2 rings (SSSR count). The topological polar surface area (TPSA) is 120 Å². The van der Waals surface area contributed by atoms with Gasteiger partial charge in [0.1, 0.15) is 11.6 Å². The van der Waals surface area contributed by atoms with Gasteiger partial charge in [-0.05, 0) is 38.8 Å². The molecule has 0 aliphatic heterocycles. The number of amides is 1. The van der Waals surface area contributed by atoms with Crippen molar-refractivity contribution in [3.05, 3.63) is 56.4 Å². The molecule has 1 heterocycles. The van der Waals surface area contributed by atoms with Gasteiger partial charge in [0.2, 0.25) is 0 Å². The van der Waals surface area contributed by atoms with Crippen molar-refractivity contribution in [1.29, 1.82) is 0 Å². The quantitative estimate of drug-likeness (QED) is 0.762. The van der Waals surface area contributed by atoms with Crippen LogP contribution in [0.15, 0.2) is 33.9 Å². The second kappa shape index (κ2) is 8.56. The Morgan fingerprint density at radius 1 is 1.10 bits per heavy atom. The highest BCUT2D eigenvalue weighted by atomic mass is 16.6. The summed E-state index contributed by atoms with van der Waals surface area (Å²) in [6.07, 6.45) is -0.769. The molecule has 0 aliphatic rings. The summed E-state index contributed by atoms with van der Waals surface area (Å²) in [6, 6.07) is 5.59. The summed E-state index contributed by atoms with van der Waals surface area (Å²) in [5, 5.41) is 11.8. The number of aromatic nitrogens is 2. The van der Waals surface area contributed by atoms with Crippen LogP contribution in [0.4, 0.5) is 4.79 Å². The molecule has 0 bridgehead atoms. The lowest BCUT2D eigenvalue weighted by Gasteiger charge is -2.22. The van der Waals surface area contributed by atoms with Crippen molar-refractivity contribution < 1.29 is 19.4 Å². The van der Waals surface area contributed by atoms with Crippen LogP contribution in [0.2, 0.25) is 0 Å². The second-order valence-corrected chi connectivity index (χ2v) is 8.10. The first-order valence-corrected chi connectivity index (χ1v) is 9.40. The van der Waals surface area contributed by atoms with Crippen molar-refractivity contribution in [2.75, 3.05) is 0 Å². The van der Waals surface area contributed by atoms with E-state index in [9.17, 15) is 24.3 Å². The van der Waals surface area contributed by atoms with Crippen LogP contribution in [0.5, 0.6) is 0 Å². The van der Waals surface area contributed by atoms with E-state index in [-0.39, 0.29) is 6.42 Å². The summed E-state index contributed by atoms with van der Waals surface area (Å²) in [7, 11) is 3.01. The number of carbonyl (C=O) groups excluding carboxylic acids is 1. The molecule has 9 nitrogen and oxygen atoms in total. The van der Waals surface area contributed by atoms with E-state index in [0.717, 1.165) is 4.57 Å². The Bertz CT molecular complexity index is 1070. The third-order valence-corrected chi connectivity index (χ3v) is 4.63. The fourth-order valence-electron chi connectivity index (χ4n) is 2.97. The highest BCUT2D eigenvalue weighted by molar-refractivity contribution is 5.80. The van der Waals surface area contributed by atoms with Gasteiger partial charge < -0.3 is 19.7 Å². The Morgan fingerprint density at radius 2 is 1.67 bits per heavy atom. The number of ether oxygens (including phenoxy) is 1. The summed E-state index contributed by atoms with van der Waals surface area (Å²) in [4.78, 5) is 48.0. The van der Waals surface area contributed by atoms with Gasteiger partial charge >= 0.3 is 17.8 Å². The standard InChI is InChI=1S/C21H27N3O6/c1-12-16(17(25)24(6)20(29)23(12)5)14-9-7-13(8-10-14)11-15(18(26)27)22-19(28)30-21(2,3)4/h7-10,15H,11H2,1-6H3,(H,22,28)(H,26,27). The van der Waals surface area contributed by atoms with Crippen molar-refractivity contribution in [2.24, 2.45) is 14.1 Å². The number of alkyl carbamates (subject to hydrolysis) is 1. The molecule has 0 aliphatic carbocycles. The van der Waals surface area contributed by atoms with Crippen molar-refractivity contribution in [3.63, 3.8) is 0 Å². The van der Waals surface area contributed by atoms with E-state index in [1.165, 1.54) is 11.6 Å². The summed E-state index contributed by atoms with van der Waals surface area (Å²) in [5.41, 5.74) is 0.641. The van der Waals surface area contributed by atoms with Gasteiger partial charge in [0.15, 0.2) is 0 Å². The number of carbonyl (C=O) groups is 2. The molecular weight excluding hydrogens is 390 g/mol. The SMILES string of the molecule is Cc1c(-c2ccc(CC(NC(=O)OC(C)(C)C)C(=O)O)cc2)c(=O)n(C)c(=O)n1C. The zero-order valence-corrected chi connectivity index (χ0v) is 18.0. The zero-order chi connectivity index (χ0) is 22.8. The number of carboxylic acids is 1. The maximum Gasteiger partial charge on any atom is 0.408 e. The monoisotopic (exact) mass is 417 g/mol. The Balaban J connectivity index is 2.28. The lowest BCUT2D eigenvalue weighted by atomic mass is 10.0. The molecule has 0 saturated heterocycles. The van der Waals surface area contributed by atoms with Gasteiger partial charge in [0.25, 0.3) is 5.56 Å². The fourth-order valence-corrected chi connectivity index (χ4v) is 2.97. The highest BCUT2D eigenvalue weighted by Crippen LogP contribution is 2.19. The number of hydrogen-bond donors (Lipinski definition) is 2. The van der Waals surface area contributed by atoms with Gasteiger partial charge in [-0.25, -0.2) is 14.4 Å². The summed E-state index contributed by atoms with van der Waals surface area (Å²) in [5.74, 6) is -1.19. The first-order valence-electron chi connectivity index (χ1n) is 9.40. The maximum absolute atomic E-state index is 12.6. The van der Waals surface area contributed by atoms with Crippen LogP contribution >= 0.6 is 0 Å². The maximum atomic E-state index is 12.6. The number of nitrogens with one attached hydrogen (secondary N) is 1. The van der Waals surface area contributed by atoms with E-state index in [2.05, 4.69) is 5.32 Å². The van der Waals surface area contributed by atoms with Crippen molar-refractivity contribution >= 4 is 12.1 Å². The van der Waals surface area contributed by atoms with Gasteiger partial charge in [-0.3, -0.25) is 9.36 Å². The normalized spacial score (nSPS) is 12.3. The predicted molar refractivity (Wildman–Crippen MR) is 112 cm³/mol. The number of nitrogens with zero attached hydrogens (tertiary/aromatic N) is 2. The molecule has 1 aromatic heterocycles. The molecule has 1 atom stereocenters. The largest absolute Gasteiger partial charge is 0.480 e. The number of aliphatic carboxylic acids is 1. The van der Waals surface area contributed by atoms with Gasteiger partial charge in [0.05, 0.1) is 5.56 Å². The van der Waals surface area contributed by atoms with E-state index in [1.54, 1.807) is 59.0 Å². The third kappa shape index (κ3) is 5.16. The lowest BCUT2D eigenvalue weighted by Crippen LogP contribution is -2.44. The average molecular weight is 417 g/mol. The molecule has 0 spiro atoms. The molecule has 1 amide bonds. The molecule has 0 fully saturated rings. The Kier molecular flexibility index (Phi) is 6.54. The van der Waals surface area contributed by atoms with Crippen LogP contribution in [0.3, 0.4) is 0 Å². The zero-order valence-electron chi connectivity index (χ0n) is 18.0. The van der Waals surface area contributed by atoms with Crippen molar-refractivity contribution in [3.8, 4) is 11.1 Å². The lowest BCUT2D eigenvalue weighted by molar-refractivity contribution is -0.139. The number of carboxylic acid groups (broad SMARTS) is 1.